The Bertz CT molecular complexity index is 526. The Labute approximate surface area is 114 Å². The minimum absolute atomic E-state index is 0.118. The van der Waals surface area contributed by atoms with E-state index in [1.807, 2.05) is 24.1 Å². The Morgan fingerprint density at radius 2 is 2.05 bits per heavy atom. The van der Waals surface area contributed by atoms with Crippen molar-refractivity contribution < 1.29 is 8.42 Å². The highest BCUT2D eigenvalue weighted by molar-refractivity contribution is 7.89. The van der Waals surface area contributed by atoms with Crippen LogP contribution in [0.15, 0.2) is 29.2 Å². The molecule has 0 spiro atoms. The molecule has 6 heteroatoms. The Hall–Kier alpha value is -1.11. The van der Waals surface area contributed by atoms with Gasteiger partial charge in [0, 0.05) is 19.6 Å². The average Bonchev–Trinajstić information content (AvgIpc) is 3.19. The molecule has 0 atom stereocenters. The normalized spacial score (nSPS) is 15.5. The maximum Gasteiger partial charge on any atom is 0.242 e. The fourth-order valence-corrected chi connectivity index (χ4v) is 3.49. The molecule has 0 aliphatic heterocycles. The minimum atomic E-state index is -3.42. The molecule has 1 fully saturated rings. The molecule has 1 aromatic carbocycles. The molecule has 2 rings (SSSR count). The lowest BCUT2D eigenvalue weighted by molar-refractivity contribution is 0.580. The molecule has 0 radical (unpaired) electrons. The summed E-state index contributed by atoms with van der Waals surface area (Å²) in [6.07, 6.45) is 2.70. The standard InChI is InChI=1S/C13H21N3O2S/c1-16(10-4-9-14)12-5-2-3-6-13(12)19(17,18)15-11-7-8-11/h2-3,5-6,11,15H,4,7-10,14H2,1H3. The number of nitrogens with one attached hydrogen (secondary N) is 1. The molecule has 1 aromatic rings. The van der Waals surface area contributed by atoms with Crippen molar-refractivity contribution in [3.8, 4) is 0 Å². The number of nitrogens with zero attached hydrogens (tertiary/aromatic N) is 1. The number of hydrogen-bond donors (Lipinski definition) is 2. The van der Waals surface area contributed by atoms with Crippen LogP contribution in [0, 0.1) is 0 Å². The van der Waals surface area contributed by atoms with Gasteiger partial charge in [-0.15, -0.1) is 0 Å². The van der Waals surface area contributed by atoms with Crippen molar-refractivity contribution in [2.45, 2.75) is 30.2 Å². The number of anilines is 1. The van der Waals surface area contributed by atoms with Crippen molar-refractivity contribution >= 4 is 15.7 Å². The predicted molar refractivity (Wildman–Crippen MR) is 76.7 cm³/mol. The molecule has 1 aliphatic rings. The highest BCUT2D eigenvalue weighted by atomic mass is 32.2. The highest BCUT2D eigenvalue weighted by Gasteiger charge is 2.29. The molecular weight excluding hydrogens is 262 g/mol. The van der Waals surface area contributed by atoms with E-state index in [-0.39, 0.29) is 6.04 Å². The Morgan fingerprint density at radius 3 is 2.68 bits per heavy atom. The first kappa shape index (κ1) is 14.3. The van der Waals surface area contributed by atoms with Crippen LogP contribution in [0.25, 0.3) is 0 Å². The van der Waals surface area contributed by atoms with Crippen LogP contribution in [-0.2, 0) is 10.0 Å². The Balaban J connectivity index is 2.24. The van der Waals surface area contributed by atoms with Gasteiger partial charge in [-0.1, -0.05) is 12.1 Å². The summed E-state index contributed by atoms with van der Waals surface area (Å²) in [4.78, 5) is 2.29. The van der Waals surface area contributed by atoms with Crippen molar-refractivity contribution in [2.75, 3.05) is 25.0 Å². The van der Waals surface area contributed by atoms with Gasteiger partial charge in [0.2, 0.25) is 10.0 Å². The first-order chi connectivity index (χ1) is 9.04. The maximum atomic E-state index is 12.3. The summed E-state index contributed by atoms with van der Waals surface area (Å²) in [5.41, 5.74) is 6.22. The first-order valence-electron chi connectivity index (χ1n) is 6.57. The quantitative estimate of drug-likeness (QED) is 0.780. The first-order valence-corrected chi connectivity index (χ1v) is 8.05. The lowest BCUT2D eigenvalue weighted by atomic mass is 10.3. The molecule has 0 bridgehead atoms. The van der Waals surface area contributed by atoms with Crippen LogP contribution in [0.1, 0.15) is 19.3 Å². The van der Waals surface area contributed by atoms with E-state index < -0.39 is 10.0 Å². The highest BCUT2D eigenvalue weighted by Crippen LogP contribution is 2.27. The third kappa shape index (κ3) is 3.68. The van der Waals surface area contributed by atoms with Gasteiger partial charge in [0.15, 0.2) is 0 Å². The summed E-state index contributed by atoms with van der Waals surface area (Å²) in [6.45, 7) is 1.34. The molecule has 0 unspecified atom stereocenters. The zero-order valence-electron chi connectivity index (χ0n) is 11.2. The molecule has 0 amide bonds. The van der Waals surface area contributed by atoms with E-state index in [0.717, 1.165) is 31.5 Å². The van der Waals surface area contributed by atoms with E-state index in [9.17, 15) is 8.42 Å². The zero-order valence-corrected chi connectivity index (χ0v) is 12.0. The van der Waals surface area contributed by atoms with Crippen LogP contribution in [0.4, 0.5) is 5.69 Å². The number of nitrogens with two attached hydrogens (primary N) is 1. The molecule has 0 aromatic heterocycles. The zero-order chi connectivity index (χ0) is 13.9. The number of benzene rings is 1. The molecule has 5 nitrogen and oxygen atoms in total. The maximum absolute atomic E-state index is 12.3. The van der Waals surface area contributed by atoms with Gasteiger partial charge >= 0.3 is 0 Å². The van der Waals surface area contributed by atoms with Gasteiger partial charge in [0.1, 0.15) is 4.90 Å². The van der Waals surface area contributed by atoms with Crippen LogP contribution in [0.2, 0.25) is 0 Å². The van der Waals surface area contributed by atoms with Crippen molar-refractivity contribution in [3.63, 3.8) is 0 Å². The fourth-order valence-electron chi connectivity index (χ4n) is 1.93. The summed E-state index contributed by atoms with van der Waals surface area (Å²) < 4.78 is 27.4. The van der Waals surface area contributed by atoms with Gasteiger partial charge in [-0.3, -0.25) is 0 Å². The molecule has 0 heterocycles. The van der Waals surface area contributed by atoms with Crippen LogP contribution in [0.3, 0.4) is 0 Å². The largest absolute Gasteiger partial charge is 0.373 e. The van der Waals surface area contributed by atoms with E-state index in [0.29, 0.717) is 11.4 Å². The lowest BCUT2D eigenvalue weighted by Crippen LogP contribution is -2.29. The second-order valence-corrected chi connectivity index (χ2v) is 6.61. The van der Waals surface area contributed by atoms with E-state index in [1.54, 1.807) is 12.1 Å². The molecule has 3 N–H and O–H groups in total. The Kier molecular flexibility index (Phi) is 4.44. The summed E-state index contributed by atoms with van der Waals surface area (Å²) in [5, 5.41) is 0. The third-order valence-electron chi connectivity index (χ3n) is 3.16. The summed E-state index contributed by atoms with van der Waals surface area (Å²) >= 11 is 0. The second-order valence-electron chi connectivity index (χ2n) is 4.93. The van der Waals surface area contributed by atoms with Gasteiger partial charge in [0.05, 0.1) is 5.69 Å². The smallest absolute Gasteiger partial charge is 0.242 e. The number of para-hydroxylation sites is 1. The molecule has 19 heavy (non-hydrogen) atoms. The molecule has 1 aliphatic carbocycles. The van der Waals surface area contributed by atoms with Gasteiger partial charge in [-0.05, 0) is 37.9 Å². The van der Waals surface area contributed by atoms with Crippen LogP contribution in [-0.4, -0.2) is 34.6 Å². The molecule has 0 saturated heterocycles. The third-order valence-corrected chi connectivity index (χ3v) is 4.73. The van der Waals surface area contributed by atoms with Gasteiger partial charge in [0.25, 0.3) is 0 Å². The fraction of sp³-hybridized carbons (Fsp3) is 0.538. The van der Waals surface area contributed by atoms with Crippen molar-refractivity contribution in [2.24, 2.45) is 5.73 Å². The summed E-state index contributed by atoms with van der Waals surface area (Å²) in [6, 6.07) is 7.20. The topological polar surface area (TPSA) is 75.4 Å². The number of hydrogen-bond acceptors (Lipinski definition) is 4. The van der Waals surface area contributed by atoms with E-state index in [2.05, 4.69) is 4.72 Å². The van der Waals surface area contributed by atoms with Crippen molar-refractivity contribution in [3.05, 3.63) is 24.3 Å². The van der Waals surface area contributed by atoms with Gasteiger partial charge < -0.3 is 10.6 Å². The van der Waals surface area contributed by atoms with E-state index >= 15 is 0 Å². The molecule has 1 saturated carbocycles. The SMILES string of the molecule is CN(CCCN)c1ccccc1S(=O)(=O)NC1CC1. The second kappa shape index (κ2) is 5.90. The van der Waals surface area contributed by atoms with E-state index in [1.165, 1.54) is 0 Å². The number of rotatable bonds is 7. The Morgan fingerprint density at radius 1 is 1.37 bits per heavy atom. The van der Waals surface area contributed by atoms with Crippen LogP contribution in [0.5, 0.6) is 0 Å². The lowest BCUT2D eigenvalue weighted by Gasteiger charge is -2.22. The monoisotopic (exact) mass is 283 g/mol. The predicted octanol–water partition coefficient (Wildman–Crippen LogP) is 0.912. The number of sulfonamides is 1. The average molecular weight is 283 g/mol. The van der Waals surface area contributed by atoms with Crippen LogP contribution < -0.4 is 15.4 Å². The van der Waals surface area contributed by atoms with E-state index in [4.69, 9.17) is 5.73 Å². The molecule has 106 valence electrons. The summed E-state index contributed by atoms with van der Waals surface area (Å²) in [7, 11) is -1.53. The van der Waals surface area contributed by atoms with Crippen LogP contribution >= 0.6 is 0 Å². The van der Waals surface area contributed by atoms with Crippen molar-refractivity contribution in [1.82, 2.24) is 4.72 Å². The summed E-state index contributed by atoms with van der Waals surface area (Å²) in [5.74, 6) is 0. The van der Waals surface area contributed by atoms with Crippen molar-refractivity contribution in [1.29, 1.82) is 0 Å². The van der Waals surface area contributed by atoms with Gasteiger partial charge in [-0.25, -0.2) is 13.1 Å². The van der Waals surface area contributed by atoms with Gasteiger partial charge in [-0.2, -0.15) is 0 Å². The molecular formula is C13H21N3O2S. The minimum Gasteiger partial charge on any atom is -0.373 e.